The van der Waals surface area contributed by atoms with Crippen molar-refractivity contribution >= 4 is 23.1 Å². The van der Waals surface area contributed by atoms with Crippen LogP contribution in [0.25, 0.3) is 0 Å². The van der Waals surface area contributed by atoms with Crippen LogP contribution in [-0.4, -0.2) is 46.9 Å². The fourth-order valence-corrected chi connectivity index (χ4v) is 3.94. The van der Waals surface area contributed by atoms with Crippen LogP contribution in [-0.2, 0) is 6.54 Å². The van der Waals surface area contributed by atoms with E-state index in [1.54, 1.807) is 18.3 Å². The first-order chi connectivity index (χ1) is 16.0. The molecule has 0 radical (unpaired) electrons. The number of amides is 1. The van der Waals surface area contributed by atoms with E-state index >= 15 is 0 Å². The van der Waals surface area contributed by atoms with Gasteiger partial charge in [-0.15, -0.1) is 0 Å². The van der Waals surface area contributed by atoms with Crippen LogP contribution in [0.2, 0.25) is 0 Å². The average Bonchev–Trinajstić information content (AvgIpc) is 3.06. The van der Waals surface area contributed by atoms with E-state index in [9.17, 15) is 14.9 Å². The summed E-state index contributed by atoms with van der Waals surface area (Å²) in [6.45, 7) is 6.14. The van der Waals surface area contributed by atoms with Crippen LogP contribution in [0.5, 0.6) is 0 Å². The Morgan fingerprint density at radius 1 is 1.06 bits per heavy atom. The van der Waals surface area contributed by atoms with Crippen LogP contribution in [0.1, 0.15) is 27.9 Å². The predicted octanol–water partition coefficient (Wildman–Crippen LogP) is 4.26. The molecule has 1 aliphatic heterocycles. The maximum Gasteiger partial charge on any atom is 0.269 e. The first-order valence-corrected chi connectivity index (χ1v) is 11.0. The van der Waals surface area contributed by atoms with E-state index in [4.69, 9.17) is 0 Å². The zero-order valence-corrected chi connectivity index (χ0v) is 18.6. The lowest BCUT2D eigenvalue weighted by Crippen LogP contribution is -2.31. The molecule has 170 valence electrons. The third-order valence-electron chi connectivity index (χ3n) is 5.76. The number of carbonyl (C=O) groups is 1. The summed E-state index contributed by atoms with van der Waals surface area (Å²) in [6.07, 6.45) is 2.66. The van der Waals surface area contributed by atoms with Gasteiger partial charge in [0.1, 0.15) is 5.82 Å². The second kappa shape index (κ2) is 10.2. The van der Waals surface area contributed by atoms with E-state index in [1.807, 2.05) is 49.4 Å². The first kappa shape index (κ1) is 22.4. The Morgan fingerprint density at radius 2 is 1.88 bits per heavy atom. The Bertz CT molecular complexity index is 1120. The van der Waals surface area contributed by atoms with E-state index in [2.05, 4.69) is 20.1 Å². The van der Waals surface area contributed by atoms with Gasteiger partial charge in [-0.3, -0.25) is 19.8 Å². The highest BCUT2D eigenvalue weighted by molar-refractivity contribution is 6.04. The number of anilines is 2. The summed E-state index contributed by atoms with van der Waals surface area (Å²) in [6, 6.07) is 18.1. The number of nitrogens with one attached hydrogen (secondary N) is 1. The molecule has 1 aliphatic rings. The molecule has 0 atom stereocenters. The fourth-order valence-electron chi connectivity index (χ4n) is 3.94. The Labute approximate surface area is 193 Å². The Balaban J connectivity index is 1.33. The smallest absolute Gasteiger partial charge is 0.269 e. The Hall–Kier alpha value is -3.78. The Kier molecular flexibility index (Phi) is 6.95. The van der Waals surface area contributed by atoms with Gasteiger partial charge in [0.2, 0.25) is 0 Å². The molecule has 0 aliphatic carbocycles. The van der Waals surface area contributed by atoms with E-state index in [0.717, 1.165) is 49.5 Å². The van der Waals surface area contributed by atoms with Crippen LogP contribution in [0.4, 0.5) is 17.2 Å². The molecule has 1 N–H and O–H groups in total. The van der Waals surface area contributed by atoms with Crippen molar-refractivity contribution in [2.75, 3.05) is 36.4 Å². The number of hydrogen-bond donors (Lipinski definition) is 1. The normalized spacial score (nSPS) is 14.5. The number of rotatable bonds is 6. The molecule has 0 saturated carbocycles. The lowest BCUT2D eigenvalue weighted by Gasteiger charge is -2.23. The third-order valence-corrected chi connectivity index (χ3v) is 5.76. The van der Waals surface area contributed by atoms with Gasteiger partial charge in [0.15, 0.2) is 0 Å². The molecule has 4 rings (SSSR count). The standard InChI is InChI=1S/C25H27N5O3/c1-19-6-8-21(9-7-19)25(31)27-22-10-11-24(26-17-22)29-13-3-12-28(14-15-29)18-20-4-2-5-23(16-20)30(32)33/h2,4-11,16-17H,3,12-15,18H2,1H3,(H,27,31). The fraction of sp³-hybridized carbons (Fsp3) is 0.280. The van der Waals surface area contributed by atoms with Crippen molar-refractivity contribution in [2.45, 2.75) is 19.9 Å². The second-order valence-electron chi connectivity index (χ2n) is 8.27. The number of nitrogens with zero attached hydrogens (tertiary/aromatic N) is 4. The van der Waals surface area contributed by atoms with Gasteiger partial charge in [-0.05, 0) is 43.2 Å². The number of hydrogen-bond acceptors (Lipinski definition) is 6. The van der Waals surface area contributed by atoms with Crippen molar-refractivity contribution in [2.24, 2.45) is 0 Å². The minimum atomic E-state index is -0.355. The molecule has 33 heavy (non-hydrogen) atoms. The van der Waals surface area contributed by atoms with Gasteiger partial charge in [-0.25, -0.2) is 4.98 Å². The minimum absolute atomic E-state index is 0.128. The predicted molar refractivity (Wildman–Crippen MR) is 129 cm³/mol. The van der Waals surface area contributed by atoms with Gasteiger partial charge in [0.05, 0.1) is 16.8 Å². The van der Waals surface area contributed by atoms with E-state index in [1.165, 1.54) is 6.07 Å². The molecule has 0 unspecified atom stereocenters. The number of aryl methyl sites for hydroxylation is 1. The quantitative estimate of drug-likeness (QED) is 0.450. The maximum absolute atomic E-state index is 12.4. The molecule has 3 aromatic rings. The molecule has 0 bridgehead atoms. The molecule has 8 nitrogen and oxygen atoms in total. The summed E-state index contributed by atoms with van der Waals surface area (Å²) >= 11 is 0. The van der Waals surface area contributed by atoms with Crippen LogP contribution in [0.15, 0.2) is 66.9 Å². The van der Waals surface area contributed by atoms with E-state index in [-0.39, 0.29) is 16.5 Å². The molecule has 1 aromatic heterocycles. The number of non-ortho nitro benzene ring substituents is 1. The summed E-state index contributed by atoms with van der Waals surface area (Å²) in [7, 11) is 0. The maximum atomic E-state index is 12.4. The summed E-state index contributed by atoms with van der Waals surface area (Å²) in [5, 5.41) is 13.9. The molecule has 1 saturated heterocycles. The van der Waals surface area contributed by atoms with Crippen molar-refractivity contribution in [1.29, 1.82) is 0 Å². The summed E-state index contributed by atoms with van der Waals surface area (Å²) in [4.78, 5) is 32.2. The monoisotopic (exact) mass is 445 g/mol. The van der Waals surface area contributed by atoms with Crippen LogP contribution < -0.4 is 10.2 Å². The van der Waals surface area contributed by atoms with Crippen molar-refractivity contribution in [1.82, 2.24) is 9.88 Å². The van der Waals surface area contributed by atoms with Crippen LogP contribution in [0, 0.1) is 17.0 Å². The molecular weight excluding hydrogens is 418 g/mol. The molecule has 2 heterocycles. The van der Waals surface area contributed by atoms with Crippen LogP contribution in [0.3, 0.4) is 0 Å². The molecule has 8 heteroatoms. The van der Waals surface area contributed by atoms with Crippen LogP contribution >= 0.6 is 0 Å². The molecule has 2 aromatic carbocycles. The number of nitro groups is 1. The van der Waals surface area contributed by atoms with Crippen molar-refractivity contribution in [3.05, 3.63) is 93.7 Å². The molecule has 0 spiro atoms. The second-order valence-corrected chi connectivity index (χ2v) is 8.27. The molecular formula is C25H27N5O3. The Morgan fingerprint density at radius 3 is 2.61 bits per heavy atom. The zero-order chi connectivity index (χ0) is 23.2. The van der Waals surface area contributed by atoms with Crippen molar-refractivity contribution in [3.8, 4) is 0 Å². The molecule has 1 amide bonds. The highest BCUT2D eigenvalue weighted by atomic mass is 16.6. The van der Waals surface area contributed by atoms with E-state index < -0.39 is 0 Å². The first-order valence-electron chi connectivity index (χ1n) is 11.0. The highest BCUT2D eigenvalue weighted by Gasteiger charge is 2.17. The number of benzene rings is 2. The van der Waals surface area contributed by atoms with Gasteiger partial charge in [-0.1, -0.05) is 29.8 Å². The number of nitro benzene ring substituents is 1. The number of carbonyl (C=O) groups excluding carboxylic acids is 1. The number of pyridine rings is 1. The topological polar surface area (TPSA) is 91.6 Å². The van der Waals surface area contributed by atoms with Gasteiger partial charge in [0.25, 0.3) is 11.6 Å². The SMILES string of the molecule is Cc1ccc(C(=O)Nc2ccc(N3CCCN(Cc4cccc([N+](=O)[O-])c4)CC3)nc2)cc1. The van der Waals surface area contributed by atoms with Gasteiger partial charge in [-0.2, -0.15) is 0 Å². The van der Waals surface area contributed by atoms with Gasteiger partial charge in [0, 0.05) is 50.4 Å². The van der Waals surface area contributed by atoms with Crippen molar-refractivity contribution in [3.63, 3.8) is 0 Å². The summed E-state index contributed by atoms with van der Waals surface area (Å²) < 4.78 is 0. The lowest BCUT2D eigenvalue weighted by atomic mass is 10.1. The molecule has 1 fully saturated rings. The van der Waals surface area contributed by atoms with Crippen molar-refractivity contribution < 1.29 is 9.72 Å². The average molecular weight is 446 g/mol. The highest BCUT2D eigenvalue weighted by Crippen LogP contribution is 2.19. The number of aromatic nitrogens is 1. The minimum Gasteiger partial charge on any atom is -0.355 e. The largest absolute Gasteiger partial charge is 0.355 e. The lowest BCUT2D eigenvalue weighted by molar-refractivity contribution is -0.384. The van der Waals surface area contributed by atoms with E-state index in [0.29, 0.717) is 17.8 Å². The zero-order valence-electron chi connectivity index (χ0n) is 18.6. The van der Waals surface area contributed by atoms with Gasteiger partial charge >= 0.3 is 0 Å². The third kappa shape index (κ3) is 5.93. The summed E-state index contributed by atoms with van der Waals surface area (Å²) in [5.74, 6) is 0.719. The summed E-state index contributed by atoms with van der Waals surface area (Å²) in [5.41, 5.74) is 3.46. The van der Waals surface area contributed by atoms with Gasteiger partial charge < -0.3 is 10.2 Å².